The molecule has 1 unspecified atom stereocenters. The third kappa shape index (κ3) is 3.64. The summed E-state index contributed by atoms with van der Waals surface area (Å²) in [7, 11) is -2.63. The molecule has 1 heterocycles. The van der Waals surface area contributed by atoms with Crippen molar-refractivity contribution in [2.75, 3.05) is 24.8 Å². The predicted molar refractivity (Wildman–Crippen MR) is 106 cm³/mol. The molecule has 0 spiro atoms. The van der Waals surface area contributed by atoms with Gasteiger partial charge in [0, 0.05) is 17.4 Å². The van der Waals surface area contributed by atoms with E-state index in [9.17, 15) is 14.2 Å². The van der Waals surface area contributed by atoms with Crippen LogP contribution in [0.1, 0.15) is 6.42 Å². The van der Waals surface area contributed by atoms with E-state index in [1.807, 2.05) is 0 Å². The average molecular weight is 409 g/mol. The first-order valence-corrected chi connectivity index (χ1v) is 11.4. The van der Waals surface area contributed by atoms with Crippen molar-refractivity contribution < 1.29 is 18.5 Å². The standard InChI is InChI=1S/C19H19ClFN2O3P/c1-27(2,26)16-6-4-3-5-12(16)13-7-8-15(17(20)18(13)21)23-10-9-14(19(23)25)22-11-24/h3-8,11,14H,9-10H2,1-2H3,(H,22,24). The molecule has 0 aromatic heterocycles. The molecule has 1 aliphatic heterocycles. The molecule has 3 rings (SSSR count). The van der Waals surface area contributed by atoms with Crippen molar-refractivity contribution in [3.05, 3.63) is 47.2 Å². The minimum absolute atomic E-state index is 0.176. The molecule has 1 atom stereocenters. The predicted octanol–water partition coefficient (Wildman–Crippen LogP) is 3.25. The first kappa shape index (κ1) is 19.6. The van der Waals surface area contributed by atoms with Crippen molar-refractivity contribution >= 4 is 42.1 Å². The van der Waals surface area contributed by atoms with Crippen molar-refractivity contribution in [1.82, 2.24) is 5.32 Å². The lowest BCUT2D eigenvalue weighted by molar-refractivity contribution is -0.121. The smallest absolute Gasteiger partial charge is 0.249 e. The molecule has 1 N–H and O–H groups in total. The van der Waals surface area contributed by atoms with Gasteiger partial charge in [0.05, 0.1) is 5.69 Å². The van der Waals surface area contributed by atoms with Crippen LogP contribution in [0.2, 0.25) is 5.02 Å². The van der Waals surface area contributed by atoms with Crippen LogP contribution >= 0.6 is 18.7 Å². The van der Waals surface area contributed by atoms with Gasteiger partial charge < -0.3 is 14.8 Å². The van der Waals surface area contributed by atoms with Gasteiger partial charge in [-0.25, -0.2) is 4.39 Å². The van der Waals surface area contributed by atoms with Gasteiger partial charge in [-0.1, -0.05) is 35.9 Å². The third-order valence-electron chi connectivity index (χ3n) is 4.60. The van der Waals surface area contributed by atoms with Crippen molar-refractivity contribution in [2.24, 2.45) is 0 Å². The number of rotatable bonds is 5. The maximum absolute atomic E-state index is 15.1. The van der Waals surface area contributed by atoms with Gasteiger partial charge in [0.25, 0.3) is 0 Å². The molecule has 0 saturated carbocycles. The Labute approximate surface area is 161 Å². The van der Waals surface area contributed by atoms with Gasteiger partial charge >= 0.3 is 0 Å². The van der Waals surface area contributed by atoms with E-state index in [-0.39, 0.29) is 22.2 Å². The normalized spacial score (nSPS) is 17.3. The molecule has 27 heavy (non-hydrogen) atoms. The molecule has 0 aliphatic carbocycles. The van der Waals surface area contributed by atoms with Crippen LogP contribution in [0.4, 0.5) is 10.1 Å². The zero-order valence-corrected chi connectivity index (χ0v) is 16.6. The first-order valence-electron chi connectivity index (χ1n) is 8.39. The number of amides is 2. The molecule has 2 aromatic rings. The average Bonchev–Trinajstić information content (AvgIpc) is 2.98. The molecule has 1 fully saturated rings. The topological polar surface area (TPSA) is 66.5 Å². The van der Waals surface area contributed by atoms with Crippen LogP contribution in [0.15, 0.2) is 36.4 Å². The Bertz CT molecular complexity index is 960. The van der Waals surface area contributed by atoms with Gasteiger partial charge in [-0.15, -0.1) is 0 Å². The van der Waals surface area contributed by atoms with E-state index in [0.29, 0.717) is 30.2 Å². The second-order valence-corrected chi connectivity index (χ2v) is 10.3. The third-order valence-corrected chi connectivity index (χ3v) is 6.51. The Morgan fingerprint density at radius 1 is 1.22 bits per heavy atom. The zero-order chi connectivity index (χ0) is 19.8. The molecule has 5 nitrogen and oxygen atoms in total. The fourth-order valence-electron chi connectivity index (χ4n) is 3.28. The number of carbonyl (C=O) groups excluding carboxylic acids is 2. The highest BCUT2D eigenvalue weighted by Crippen LogP contribution is 2.42. The van der Waals surface area contributed by atoms with E-state index in [4.69, 9.17) is 11.6 Å². The lowest BCUT2D eigenvalue weighted by Gasteiger charge is -2.20. The molecule has 0 bridgehead atoms. The number of hydrogen-bond acceptors (Lipinski definition) is 3. The molecular weight excluding hydrogens is 390 g/mol. The lowest BCUT2D eigenvalue weighted by Crippen LogP contribution is -2.37. The van der Waals surface area contributed by atoms with E-state index in [2.05, 4.69) is 5.32 Å². The molecule has 142 valence electrons. The van der Waals surface area contributed by atoms with E-state index in [1.165, 1.54) is 4.90 Å². The summed E-state index contributed by atoms with van der Waals surface area (Å²) in [5.41, 5.74) is 1.01. The van der Waals surface area contributed by atoms with Crippen LogP contribution in [-0.4, -0.2) is 38.2 Å². The minimum atomic E-state index is -2.63. The van der Waals surface area contributed by atoms with Crippen molar-refractivity contribution in [1.29, 1.82) is 0 Å². The number of carbonyl (C=O) groups is 2. The number of halogens is 2. The molecule has 1 aliphatic rings. The molecule has 2 aromatic carbocycles. The largest absolute Gasteiger partial charge is 0.347 e. The Morgan fingerprint density at radius 3 is 2.59 bits per heavy atom. The van der Waals surface area contributed by atoms with E-state index >= 15 is 4.39 Å². The summed E-state index contributed by atoms with van der Waals surface area (Å²) in [6, 6.07) is 9.41. The van der Waals surface area contributed by atoms with Crippen LogP contribution in [0.25, 0.3) is 11.1 Å². The monoisotopic (exact) mass is 408 g/mol. The second kappa shape index (κ2) is 7.45. The van der Waals surface area contributed by atoms with Gasteiger partial charge in [0.15, 0.2) is 5.82 Å². The van der Waals surface area contributed by atoms with Gasteiger partial charge in [0.2, 0.25) is 12.3 Å². The summed E-state index contributed by atoms with van der Waals surface area (Å²) in [6.45, 7) is 3.59. The highest BCUT2D eigenvalue weighted by molar-refractivity contribution is 7.70. The van der Waals surface area contributed by atoms with Gasteiger partial charge in [-0.3, -0.25) is 9.59 Å². The maximum atomic E-state index is 15.1. The summed E-state index contributed by atoms with van der Waals surface area (Å²) in [4.78, 5) is 24.3. The Kier molecular flexibility index (Phi) is 5.41. The maximum Gasteiger partial charge on any atom is 0.249 e. The van der Waals surface area contributed by atoms with Crippen molar-refractivity contribution in [3.63, 3.8) is 0 Å². The molecule has 0 radical (unpaired) electrons. The van der Waals surface area contributed by atoms with Crippen LogP contribution in [-0.2, 0) is 14.2 Å². The van der Waals surface area contributed by atoms with Crippen molar-refractivity contribution in [3.8, 4) is 11.1 Å². The quantitative estimate of drug-likeness (QED) is 0.610. The molecule has 8 heteroatoms. The number of benzene rings is 2. The van der Waals surface area contributed by atoms with E-state index in [0.717, 1.165) is 0 Å². The SMILES string of the molecule is CP(C)(=O)c1ccccc1-c1ccc(N2CCC(NC=O)C2=O)c(Cl)c1F. The summed E-state index contributed by atoms with van der Waals surface area (Å²) >= 11 is 6.26. The van der Waals surface area contributed by atoms with Crippen LogP contribution in [0.3, 0.4) is 0 Å². The zero-order valence-electron chi connectivity index (χ0n) is 14.9. The summed E-state index contributed by atoms with van der Waals surface area (Å²) in [5.74, 6) is -1.00. The fraction of sp³-hybridized carbons (Fsp3) is 0.263. The Hall–Kier alpha value is -2.17. The first-order chi connectivity index (χ1) is 12.8. The Morgan fingerprint density at radius 2 is 1.93 bits per heavy atom. The van der Waals surface area contributed by atoms with Crippen LogP contribution in [0, 0.1) is 5.82 Å². The van der Waals surface area contributed by atoms with E-state index in [1.54, 1.807) is 49.7 Å². The van der Waals surface area contributed by atoms with Gasteiger partial charge in [-0.2, -0.15) is 0 Å². The van der Waals surface area contributed by atoms with E-state index < -0.39 is 19.0 Å². The number of anilines is 1. The van der Waals surface area contributed by atoms with Gasteiger partial charge in [0.1, 0.15) is 18.2 Å². The summed E-state index contributed by atoms with van der Waals surface area (Å²) < 4.78 is 27.7. The minimum Gasteiger partial charge on any atom is -0.347 e. The molecule has 1 saturated heterocycles. The molecule has 2 amide bonds. The fourth-order valence-corrected chi connectivity index (χ4v) is 4.77. The highest BCUT2D eigenvalue weighted by Gasteiger charge is 2.34. The highest BCUT2D eigenvalue weighted by atomic mass is 35.5. The number of hydrogen-bond donors (Lipinski definition) is 1. The molecular formula is C19H19ClFN2O3P. The van der Waals surface area contributed by atoms with Crippen LogP contribution < -0.4 is 15.5 Å². The van der Waals surface area contributed by atoms with Gasteiger partial charge in [-0.05, 0) is 37.4 Å². The second-order valence-electron chi connectivity index (χ2n) is 6.74. The number of nitrogens with one attached hydrogen (secondary N) is 1. The van der Waals surface area contributed by atoms with Crippen molar-refractivity contribution in [2.45, 2.75) is 12.5 Å². The summed E-state index contributed by atoms with van der Waals surface area (Å²) in [6.07, 6.45) is 0.900. The number of nitrogens with zero attached hydrogens (tertiary/aromatic N) is 1. The summed E-state index contributed by atoms with van der Waals surface area (Å²) in [5, 5.41) is 2.84. The lowest BCUT2D eigenvalue weighted by atomic mass is 10.0. The van der Waals surface area contributed by atoms with Crippen LogP contribution in [0.5, 0.6) is 0 Å². The Balaban J connectivity index is 2.05.